The molecule has 1 rings (SSSR count). The molecule has 0 aliphatic carbocycles. The van der Waals surface area contributed by atoms with E-state index >= 15 is 0 Å². The van der Waals surface area contributed by atoms with Crippen LogP contribution in [0.1, 0.15) is 12.5 Å². The number of hydrogen-bond acceptors (Lipinski definition) is 4. The molecule has 0 atom stereocenters. The second kappa shape index (κ2) is 7.44. The van der Waals surface area contributed by atoms with Crippen molar-refractivity contribution >= 4 is 34.0 Å². The standard InChI is InChI=1S/C11H17N3O3S.ClH/c1-3-8-4-5-9(14-11(15)7-13-2)6-10(8)18(12,16)17;/h4-6,13H,3,7H2,1-2H3,(H,14,15)(H2,12,16,17);1H. The molecule has 1 aromatic rings. The van der Waals surface area contributed by atoms with Gasteiger partial charge in [0.1, 0.15) is 0 Å². The van der Waals surface area contributed by atoms with Crippen LogP contribution in [0, 0.1) is 0 Å². The van der Waals surface area contributed by atoms with Crippen LogP contribution < -0.4 is 15.8 Å². The van der Waals surface area contributed by atoms with Gasteiger partial charge in [0.15, 0.2) is 0 Å². The third-order valence-corrected chi connectivity index (χ3v) is 3.37. The van der Waals surface area contributed by atoms with Crippen LogP contribution in [0.25, 0.3) is 0 Å². The first-order valence-electron chi connectivity index (χ1n) is 5.48. The van der Waals surface area contributed by atoms with Crippen LogP contribution in [-0.4, -0.2) is 27.9 Å². The Bertz CT molecular complexity index is 546. The zero-order chi connectivity index (χ0) is 13.8. The third-order valence-electron chi connectivity index (χ3n) is 2.38. The summed E-state index contributed by atoms with van der Waals surface area (Å²) in [4.78, 5) is 11.4. The van der Waals surface area contributed by atoms with Crippen molar-refractivity contribution in [2.75, 3.05) is 18.9 Å². The molecule has 19 heavy (non-hydrogen) atoms. The number of amides is 1. The molecule has 4 N–H and O–H groups in total. The van der Waals surface area contributed by atoms with Gasteiger partial charge in [-0.05, 0) is 31.2 Å². The Morgan fingerprint density at radius 1 is 1.37 bits per heavy atom. The monoisotopic (exact) mass is 307 g/mol. The van der Waals surface area contributed by atoms with Crippen molar-refractivity contribution in [3.8, 4) is 0 Å². The van der Waals surface area contributed by atoms with Crippen molar-refractivity contribution in [2.24, 2.45) is 5.14 Å². The van der Waals surface area contributed by atoms with Crippen LogP contribution in [0.2, 0.25) is 0 Å². The minimum atomic E-state index is -3.78. The van der Waals surface area contributed by atoms with Crippen molar-refractivity contribution in [1.29, 1.82) is 0 Å². The lowest BCUT2D eigenvalue weighted by atomic mass is 10.1. The number of nitrogens with two attached hydrogens (primary N) is 1. The average molecular weight is 308 g/mol. The predicted molar refractivity (Wildman–Crippen MR) is 77.0 cm³/mol. The van der Waals surface area contributed by atoms with Crippen molar-refractivity contribution in [1.82, 2.24) is 5.32 Å². The molecule has 6 nitrogen and oxygen atoms in total. The molecule has 1 aromatic carbocycles. The van der Waals surface area contributed by atoms with Crippen molar-refractivity contribution in [3.05, 3.63) is 23.8 Å². The van der Waals surface area contributed by atoms with Gasteiger partial charge in [-0.25, -0.2) is 13.6 Å². The fourth-order valence-corrected chi connectivity index (χ4v) is 2.42. The number of primary sulfonamides is 1. The minimum absolute atomic E-state index is 0. The SMILES string of the molecule is CCc1ccc(NC(=O)CNC)cc1S(N)(=O)=O.Cl. The van der Waals surface area contributed by atoms with Crippen LogP contribution >= 0.6 is 12.4 Å². The largest absolute Gasteiger partial charge is 0.325 e. The van der Waals surface area contributed by atoms with Gasteiger partial charge in [0.25, 0.3) is 0 Å². The normalized spacial score (nSPS) is 10.7. The van der Waals surface area contributed by atoms with Gasteiger partial charge in [0.05, 0.1) is 11.4 Å². The zero-order valence-electron chi connectivity index (χ0n) is 10.8. The molecule has 0 heterocycles. The van der Waals surface area contributed by atoms with E-state index in [0.717, 1.165) is 0 Å². The minimum Gasteiger partial charge on any atom is -0.325 e. The topological polar surface area (TPSA) is 101 Å². The first kappa shape index (κ1) is 17.8. The molecule has 0 unspecified atom stereocenters. The molecule has 8 heteroatoms. The number of aryl methyl sites for hydroxylation is 1. The molecule has 1 amide bonds. The lowest BCUT2D eigenvalue weighted by molar-refractivity contribution is -0.115. The molecular formula is C11H18ClN3O3S. The number of carbonyl (C=O) groups is 1. The van der Waals surface area contributed by atoms with E-state index in [4.69, 9.17) is 5.14 Å². The number of halogens is 1. The van der Waals surface area contributed by atoms with E-state index in [-0.39, 0.29) is 29.8 Å². The Morgan fingerprint density at radius 2 is 2.00 bits per heavy atom. The fourth-order valence-electron chi connectivity index (χ4n) is 1.55. The zero-order valence-corrected chi connectivity index (χ0v) is 12.4. The first-order chi connectivity index (χ1) is 8.38. The second-order valence-corrected chi connectivity index (χ2v) is 5.33. The second-order valence-electron chi connectivity index (χ2n) is 3.80. The molecule has 0 spiro atoms. The molecule has 0 saturated carbocycles. The molecule has 0 radical (unpaired) electrons. The van der Waals surface area contributed by atoms with Gasteiger partial charge >= 0.3 is 0 Å². The Balaban J connectivity index is 0.00000324. The maximum atomic E-state index is 11.4. The van der Waals surface area contributed by atoms with Gasteiger partial charge in [-0.1, -0.05) is 13.0 Å². The molecule has 0 fully saturated rings. The molecule has 0 aliphatic rings. The summed E-state index contributed by atoms with van der Waals surface area (Å²) in [7, 11) is -2.13. The van der Waals surface area contributed by atoms with Gasteiger partial charge in [-0.3, -0.25) is 4.79 Å². The van der Waals surface area contributed by atoms with E-state index in [1.165, 1.54) is 6.07 Å². The highest BCUT2D eigenvalue weighted by Gasteiger charge is 2.14. The van der Waals surface area contributed by atoms with Crippen LogP contribution in [-0.2, 0) is 21.2 Å². The number of rotatable bonds is 5. The summed E-state index contributed by atoms with van der Waals surface area (Å²) >= 11 is 0. The summed E-state index contributed by atoms with van der Waals surface area (Å²) in [5.41, 5.74) is 1.04. The highest BCUT2D eigenvalue weighted by molar-refractivity contribution is 7.89. The summed E-state index contributed by atoms with van der Waals surface area (Å²) in [5, 5.41) is 10.4. The van der Waals surface area contributed by atoms with Crippen LogP contribution in [0.15, 0.2) is 23.1 Å². The van der Waals surface area contributed by atoms with Gasteiger partial charge in [0.2, 0.25) is 15.9 Å². The number of likely N-dealkylation sites (N-methyl/N-ethyl adjacent to an activating group) is 1. The van der Waals surface area contributed by atoms with Gasteiger partial charge < -0.3 is 10.6 Å². The fraction of sp³-hybridized carbons (Fsp3) is 0.364. The van der Waals surface area contributed by atoms with E-state index in [9.17, 15) is 13.2 Å². The number of nitrogens with one attached hydrogen (secondary N) is 2. The predicted octanol–water partition coefficient (Wildman–Crippen LogP) is 0.476. The van der Waals surface area contributed by atoms with E-state index < -0.39 is 10.0 Å². The van der Waals surface area contributed by atoms with Crippen LogP contribution in [0.3, 0.4) is 0 Å². The van der Waals surface area contributed by atoms with E-state index in [2.05, 4.69) is 10.6 Å². The maximum Gasteiger partial charge on any atom is 0.238 e. The highest BCUT2D eigenvalue weighted by Crippen LogP contribution is 2.20. The quantitative estimate of drug-likeness (QED) is 0.736. The maximum absolute atomic E-state index is 11.4. The molecular weight excluding hydrogens is 290 g/mol. The molecule has 0 saturated heterocycles. The summed E-state index contributed by atoms with van der Waals surface area (Å²) in [6.07, 6.45) is 0.552. The summed E-state index contributed by atoms with van der Waals surface area (Å²) in [5.74, 6) is -0.248. The molecule has 0 aliphatic heterocycles. The molecule has 108 valence electrons. The van der Waals surface area contributed by atoms with Crippen LogP contribution in [0.4, 0.5) is 5.69 Å². The molecule has 0 aromatic heterocycles. The number of benzene rings is 1. The Hall–Kier alpha value is -1.15. The van der Waals surface area contributed by atoms with Gasteiger partial charge in [-0.2, -0.15) is 0 Å². The smallest absolute Gasteiger partial charge is 0.238 e. The van der Waals surface area contributed by atoms with Crippen molar-refractivity contribution in [3.63, 3.8) is 0 Å². The number of anilines is 1. The van der Waals surface area contributed by atoms with Gasteiger partial charge in [0, 0.05) is 5.69 Å². The van der Waals surface area contributed by atoms with E-state index in [1.54, 1.807) is 19.2 Å². The third kappa shape index (κ3) is 5.15. The van der Waals surface area contributed by atoms with Crippen molar-refractivity contribution < 1.29 is 13.2 Å². The first-order valence-corrected chi connectivity index (χ1v) is 7.03. The number of sulfonamides is 1. The van der Waals surface area contributed by atoms with Crippen molar-refractivity contribution in [2.45, 2.75) is 18.2 Å². The van der Waals surface area contributed by atoms with E-state index in [1.807, 2.05) is 6.92 Å². The summed E-state index contributed by atoms with van der Waals surface area (Å²) in [6.45, 7) is 1.99. The Kier molecular flexibility index (Phi) is 6.99. The van der Waals surface area contributed by atoms with E-state index in [0.29, 0.717) is 17.7 Å². The Morgan fingerprint density at radius 3 is 2.47 bits per heavy atom. The summed E-state index contributed by atoms with van der Waals surface area (Å²) in [6, 6.07) is 4.68. The molecule has 0 bridgehead atoms. The van der Waals surface area contributed by atoms with Gasteiger partial charge in [-0.15, -0.1) is 12.4 Å². The summed E-state index contributed by atoms with van der Waals surface area (Å²) < 4.78 is 22.9. The number of carbonyl (C=O) groups excluding carboxylic acids is 1. The average Bonchev–Trinajstić information content (AvgIpc) is 2.28. The lowest BCUT2D eigenvalue weighted by Gasteiger charge is -2.10. The van der Waals surface area contributed by atoms with Crippen LogP contribution in [0.5, 0.6) is 0 Å². The number of hydrogen-bond donors (Lipinski definition) is 3. The highest BCUT2D eigenvalue weighted by atomic mass is 35.5. The lowest BCUT2D eigenvalue weighted by Crippen LogP contribution is -2.25. The Labute approximate surface area is 119 Å².